The van der Waals surface area contributed by atoms with Crippen LogP contribution in [0.1, 0.15) is 67.7 Å². The number of nitrogens with zero attached hydrogens (tertiary/aromatic N) is 1. The lowest BCUT2D eigenvalue weighted by Gasteiger charge is -2.39. The van der Waals surface area contributed by atoms with E-state index in [1.807, 2.05) is 31.2 Å². The van der Waals surface area contributed by atoms with Crippen molar-refractivity contribution in [3.05, 3.63) is 68.4 Å². The summed E-state index contributed by atoms with van der Waals surface area (Å²) in [7, 11) is 1.55. The Morgan fingerprint density at radius 2 is 1.94 bits per heavy atom. The van der Waals surface area contributed by atoms with E-state index in [2.05, 4.69) is 10.3 Å². The third-order valence-electron chi connectivity index (χ3n) is 10.9. The summed E-state index contributed by atoms with van der Waals surface area (Å²) in [6.45, 7) is 5.06. The van der Waals surface area contributed by atoms with Gasteiger partial charge in [0.25, 0.3) is 0 Å². The van der Waals surface area contributed by atoms with Gasteiger partial charge in [0, 0.05) is 23.8 Å². The van der Waals surface area contributed by atoms with Gasteiger partial charge >= 0.3 is 5.97 Å². The number of aliphatic hydroxyl groups is 3. The molecule has 5 aliphatic rings. The maximum absolute atomic E-state index is 13.8. The Kier molecular flexibility index (Phi) is 9.12. The number of methoxy groups -OCH3 is 1. The van der Waals surface area contributed by atoms with Crippen molar-refractivity contribution in [2.24, 2.45) is 16.8 Å². The first kappa shape index (κ1) is 33.5. The molecule has 4 heterocycles. The summed E-state index contributed by atoms with van der Waals surface area (Å²) in [6.07, 6.45) is 5.59. The number of benzene rings is 2. The molecule has 2 aromatic carbocycles. The zero-order valence-electron chi connectivity index (χ0n) is 28.2. The molecule has 260 valence electrons. The summed E-state index contributed by atoms with van der Waals surface area (Å²) in [5.41, 5.74) is 2.69. The summed E-state index contributed by atoms with van der Waals surface area (Å²) in [5.74, 6) is -0.965. The van der Waals surface area contributed by atoms with E-state index < -0.39 is 36.1 Å². The normalized spacial score (nSPS) is 25.8. The average Bonchev–Trinajstić information content (AvgIpc) is 3.78. The van der Waals surface area contributed by atoms with E-state index in [0.717, 1.165) is 47.6 Å². The largest absolute Gasteiger partial charge is 0.496 e. The highest BCUT2D eigenvalue weighted by Gasteiger charge is 2.48. The van der Waals surface area contributed by atoms with Crippen molar-refractivity contribution in [3.8, 4) is 17.2 Å². The number of nitrogens with one attached hydrogen (secondary N) is 1. The van der Waals surface area contributed by atoms with Crippen LogP contribution in [0.3, 0.4) is 0 Å². The fourth-order valence-electron chi connectivity index (χ4n) is 8.24. The highest BCUT2D eigenvalue weighted by molar-refractivity contribution is 5.98. The van der Waals surface area contributed by atoms with Gasteiger partial charge in [-0.15, -0.1) is 0 Å². The van der Waals surface area contributed by atoms with E-state index in [9.17, 15) is 24.9 Å². The summed E-state index contributed by atoms with van der Waals surface area (Å²) in [5, 5.41) is 38.4. The van der Waals surface area contributed by atoms with Gasteiger partial charge in [-0.1, -0.05) is 17.7 Å². The van der Waals surface area contributed by atoms with Gasteiger partial charge in [0.05, 0.1) is 50.0 Å². The summed E-state index contributed by atoms with van der Waals surface area (Å²) in [6, 6.07) is 5.85. The SMILES string of the molecule is CCOC(=O)C1=C/C(=C2\C[C@H](CO)C(=O)[C@@H](c3ccc4c(c3)=CCN=4)C2)c2c(OC)c3c(c(CO)c2O1)O[C@H]([C@](C)(O)C1CCNCC1)C3. The lowest BCUT2D eigenvalue weighted by molar-refractivity contribution is -0.141. The van der Waals surface area contributed by atoms with E-state index in [1.165, 1.54) is 0 Å². The Balaban J connectivity index is 1.39. The zero-order valence-corrected chi connectivity index (χ0v) is 28.2. The number of ether oxygens (including phenoxy) is 4. The van der Waals surface area contributed by atoms with Gasteiger partial charge in [0.1, 0.15) is 34.7 Å². The Morgan fingerprint density at radius 1 is 1.14 bits per heavy atom. The number of fused-ring (bicyclic) bond motifs is 3. The molecule has 0 bridgehead atoms. The molecule has 4 atom stereocenters. The smallest absolute Gasteiger partial charge is 0.374 e. The molecule has 0 spiro atoms. The third kappa shape index (κ3) is 5.76. The molecular weight excluding hydrogens is 628 g/mol. The second kappa shape index (κ2) is 13.4. The van der Waals surface area contributed by atoms with Crippen molar-refractivity contribution in [2.75, 3.05) is 40.0 Å². The van der Waals surface area contributed by atoms with Gasteiger partial charge < -0.3 is 39.6 Å². The van der Waals surface area contributed by atoms with Gasteiger partial charge in [0.2, 0.25) is 5.76 Å². The highest BCUT2D eigenvalue weighted by Crippen LogP contribution is 2.55. The summed E-state index contributed by atoms with van der Waals surface area (Å²) < 4.78 is 24.2. The number of carbonyl (C=O) groups excluding carboxylic acids is 2. The molecule has 49 heavy (non-hydrogen) atoms. The number of Topliss-reactive ketones (excluding diaryl/α,β-unsaturated/α-hetero) is 1. The Labute approximate surface area is 284 Å². The van der Waals surface area contributed by atoms with Gasteiger partial charge in [0.15, 0.2) is 0 Å². The van der Waals surface area contributed by atoms with Gasteiger partial charge in [-0.3, -0.25) is 9.79 Å². The number of esters is 1. The standard InChI is InChI=1S/C38H44N2O9/c1-4-47-37(44)30-16-25(22-14-23(18-41)33(43)26(15-22)20-5-6-29-21(13-20)7-12-40-29)32-35(46-3)27-17-31(38(2,45)24-8-10-39-11-9-24)49-34(27)28(19-42)36(32)48-30/h5-7,13,16,23-24,26,31,39,41-42,45H,4,8-12,14-15,17-19H2,1-3H3/b25-22-/t23-,26-,31+,38-/m1/s1. The van der Waals surface area contributed by atoms with Crippen LogP contribution in [0.5, 0.6) is 17.2 Å². The van der Waals surface area contributed by atoms with Crippen molar-refractivity contribution in [1.29, 1.82) is 0 Å². The van der Waals surface area contributed by atoms with Crippen LogP contribution in [-0.2, 0) is 27.4 Å². The molecule has 4 N–H and O–H groups in total. The molecule has 11 heteroatoms. The maximum Gasteiger partial charge on any atom is 0.374 e. The first-order valence-corrected chi connectivity index (χ1v) is 17.2. The van der Waals surface area contributed by atoms with Gasteiger partial charge in [-0.2, -0.15) is 0 Å². The molecule has 11 nitrogen and oxygen atoms in total. The molecule has 7 rings (SSSR count). The molecule has 1 aliphatic carbocycles. The Morgan fingerprint density at radius 3 is 2.65 bits per heavy atom. The molecule has 1 saturated heterocycles. The van der Waals surface area contributed by atoms with E-state index >= 15 is 0 Å². The summed E-state index contributed by atoms with van der Waals surface area (Å²) >= 11 is 0. The first-order chi connectivity index (χ1) is 23.7. The van der Waals surface area contributed by atoms with Crippen LogP contribution in [-0.4, -0.2) is 78.7 Å². The lowest BCUT2D eigenvalue weighted by Crippen LogP contribution is -2.51. The van der Waals surface area contributed by atoms with Crippen LogP contribution in [0, 0.1) is 11.8 Å². The fraction of sp³-hybridized carbons (Fsp3) is 0.500. The van der Waals surface area contributed by atoms with Gasteiger partial charge in [-0.05, 0) is 93.1 Å². The Hall–Kier alpha value is -4.03. The van der Waals surface area contributed by atoms with E-state index in [4.69, 9.17) is 18.9 Å². The molecule has 2 fully saturated rings. The van der Waals surface area contributed by atoms with E-state index in [0.29, 0.717) is 53.1 Å². The number of hydrogen-bond acceptors (Lipinski definition) is 11. The molecule has 0 unspecified atom stereocenters. The molecule has 0 aromatic heterocycles. The molecule has 0 radical (unpaired) electrons. The zero-order chi connectivity index (χ0) is 34.4. The number of carbonyl (C=O) groups is 2. The molecular formula is C38H44N2O9. The van der Waals surface area contributed by atoms with Crippen LogP contribution in [0.2, 0.25) is 0 Å². The number of hydrogen-bond donors (Lipinski definition) is 4. The van der Waals surface area contributed by atoms with Crippen LogP contribution in [0.25, 0.3) is 11.6 Å². The molecule has 0 amide bonds. The topological polar surface area (TPSA) is 156 Å². The van der Waals surface area contributed by atoms with E-state index in [-0.39, 0.29) is 42.8 Å². The number of ketones is 1. The van der Waals surface area contributed by atoms with Crippen molar-refractivity contribution in [3.63, 3.8) is 0 Å². The predicted molar refractivity (Wildman–Crippen MR) is 180 cm³/mol. The van der Waals surface area contributed by atoms with Crippen molar-refractivity contribution < 1.29 is 43.9 Å². The number of rotatable bonds is 8. The minimum absolute atomic E-state index is 0.00915. The third-order valence-corrected chi connectivity index (χ3v) is 10.9. The van der Waals surface area contributed by atoms with Crippen LogP contribution in [0.15, 0.2) is 40.6 Å². The van der Waals surface area contributed by atoms with E-state index in [1.54, 1.807) is 20.1 Å². The van der Waals surface area contributed by atoms with Gasteiger partial charge in [-0.25, -0.2) is 4.79 Å². The Bertz CT molecular complexity index is 1870. The molecule has 1 saturated carbocycles. The van der Waals surface area contributed by atoms with Crippen molar-refractivity contribution >= 4 is 23.4 Å². The quantitative estimate of drug-likeness (QED) is 0.306. The van der Waals surface area contributed by atoms with Crippen LogP contribution < -0.4 is 30.1 Å². The monoisotopic (exact) mass is 672 g/mol. The highest BCUT2D eigenvalue weighted by atomic mass is 16.6. The molecule has 2 aromatic rings. The lowest BCUT2D eigenvalue weighted by atomic mass is 9.72. The first-order valence-electron chi connectivity index (χ1n) is 17.2. The second-order valence-electron chi connectivity index (χ2n) is 13.7. The predicted octanol–water partition coefficient (Wildman–Crippen LogP) is 2.00. The maximum atomic E-state index is 13.8. The summed E-state index contributed by atoms with van der Waals surface area (Å²) in [4.78, 5) is 31.5. The number of aliphatic hydroxyl groups excluding tert-OH is 2. The number of piperidine rings is 1. The molecule has 4 aliphatic heterocycles. The minimum Gasteiger partial charge on any atom is -0.496 e. The minimum atomic E-state index is -1.16. The number of allylic oxidation sites excluding steroid dienone is 3. The van der Waals surface area contributed by atoms with Crippen molar-refractivity contribution in [2.45, 2.75) is 70.2 Å². The second-order valence-corrected chi connectivity index (χ2v) is 13.7. The fourth-order valence-corrected chi connectivity index (χ4v) is 8.24. The van der Waals surface area contributed by atoms with Crippen LogP contribution in [0.4, 0.5) is 0 Å². The van der Waals surface area contributed by atoms with Crippen LogP contribution >= 0.6 is 0 Å². The van der Waals surface area contributed by atoms with Crippen molar-refractivity contribution in [1.82, 2.24) is 5.32 Å². The average molecular weight is 673 g/mol.